The molecule has 2 fully saturated rings. The molecule has 8 heteroatoms. The maximum atomic E-state index is 13.7. The van der Waals surface area contributed by atoms with Crippen molar-refractivity contribution in [2.75, 3.05) is 7.11 Å². The summed E-state index contributed by atoms with van der Waals surface area (Å²) in [5, 5.41) is 11.9. The van der Waals surface area contributed by atoms with E-state index < -0.39 is 17.5 Å². The number of halogens is 3. The SMILES string of the molecule is COc1ccc(C2(O)C[C@H]3CC[C@@H](C2)N3Cc2c(C(F)(F)F)[nH]c3ncccc23)cc1. The highest BCUT2D eigenvalue weighted by molar-refractivity contribution is 5.81. The number of fused-ring (bicyclic) bond motifs is 3. The maximum absolute atomic E-state index is 13.7. The normalized spacial score (nSPS) is 26.5. The Balaban J connectivity index is 1.44. The van der Waals surface area contributed by atoms with Crippen molar-refractivity contribution in [2.45, 2.75) is 56.1 Å². The molecule has 31 heavy (non-hydrogen) atoms. The zero-order chi connectivity index (χ0) is 21.8. The van der Waals surface area contributed by atoms with Crippen LogP contribution in [0.1, 0.15) is 42.5 Å². The number of aromatic amines is 1. The minimum Gasteiger partial charge on any atom is -0.497 e. The van der Waals surface area contributed by atoms with Gasteiger partial charge in [0.05, 0.1) is 12.7 Å². The first-order valence-corrected chi connectivity index (χ1v) is 10.4. The van der Waals surface area contributed by atoms with Crippen LogP contribution in [0.2, 0.25) is 0 Å². The predicted molar refractivity (Wildman–Crippen MR) is 110 cm³/mol. The minimum atomic E-state index is -4.48. The lowest BCUT2D eigenvalue weighted by molar-refractivity contribution is -0.141. The highest BCUT2D eigenvalue weighted by Crippen LogP contribution is 2.47. The second-order valence-electron chi connectivity index (χ2n) is 8.60. The van der Waals surface area contributed by atoms with Gasteiger partial charge in [-0.3, -0.25) is 4.90 Å². The summed E-state index contributed by atoms with van der Waals surface area (Å²) in [6, 6.07) is 10.8. The average molecular weight is 431 g/mol. The average Bonchev–Trinajstić information content (AvgIpc) is 3.24. The summed E-state index contributed by atoms with van der Waals surface area (Å²) >= 11 is 0. The van der Waals surface area contributed by atoms with Gasteiger partial charge >= 0.3 is 6.18 Å². The number of hydrogen-bond donors (Lipinski definition) is 2. The van der Waals surface area contributed by atoms with Crippen molar-refractivity contribution in [3.8, 4) is 5.75 Å². The van der Waals surface area contributed by atoms with E-state index in [1.165, 1.54) is 6.20 Å². The molecule has 0 saturated carbocycles. The minimum absolute atomic E-state index is 0.0218. The van der Waals surface area contributed by atoms with Crippen molar-refractivity contribution >= 4 is 11.0 Å². The van der Waals surface area contributed by atoms with E-state index in [2.05, 4.69) is 14.9 Å². The Bertz CT molecular complexity index is 1080. The van der Waals surface area contributed by atoms with E-state index in [1.54, 1.807) is 19.2 Å². The Morgan fingerprint density at radius 2 is 1.84 bits per heavy atom. The first-order valence-electron chi connectivity index (χ1n) is 10.4. The second-order valence-corrected chi connectivity index (χ2v) is 8.60. The van der Waals surface area contributed by atoms with Crippen molar-refractivity contribution in [1.29, 1.82) is 0 Å². The fourth-order valence-electron chi connectivity index (χ4n) is 5.38. The number of rotatable bonds is 4. The Morgan fingerprint density at radius 3 is 2.45 bits per heavy atom. The zero-order valence-electron chi connectivity index (χ0n) is 17.1. The highest BCUT2D eigenvalue weighted by atomic mass is 19.4. The van der Waals surface area contributed by atoms with Gasteiger partial charge < -0.3 is 14.8 Å². The van der Waals surface area contributed by atoms with E-state index in [-0.39, 0.29) is 29.8 Å². The van der Waals surface area contributed by atoms with Crippen LogP contribution in [0.3, 0.4) is 0 Å². The van der Waals surface area contributed by atoms with Gasteiger partial charge in [0.2, 0.25) is 0 Å². The van der Waals surface area contributed by atoms with Crippen LogP contribution in [-0.4, -0.2) is 39.2 Å². The number of benzene rings is 1. The van der Waals surface area contributed by atoms with Crippen molar-refractivity contribution in [2.24, 2.45) is 0 Å². The third-order valence-electron chi connectivity index (χ3n) is 6.85. The number of hydrogen-bond acceptors (Lipinski definition) is 4. The molecule has 2 aromatic heterocycles. The Hall–Kier alpha value is -2.58. The molecule has 3 atom stereocenters. The van der Waals surface area contributed by atoms with Gasteiger partial charge in [0, 0.05) is 35.8 Å². The molecular formula is C23H24F3N3O2. The summed E-state index contributed by atoms with van der Waals surface area (Å²) in [6.07, 6.45) is -0.261. The fourth-order valence-corrected chi connectivity index (χ4v) is 5.38. The van der Waals surface area contributed by atoms with Gasteiger partial charge in [-0.05, 0) is 55.5 Å². The molecule has 2 saturated heterocycles. The first-order chi connectivity index (χ1) is 14.8. The van der Waals surface area contributed by atoms with Crippen molar-refractivity contribution < 1.29 is 23.0 Å². The number of ether oxygens (including phenoxy) is 1. The highest BCUT2D eigenvalue weighted by Gasteiger charge is 2.49. The molecule has 0 amide bonds. The van der Waals surface area contributed by atoms with E-state index in [9.17, 15) is 18.3 Å². The maximum Gasteiger partial charge on any atom is 0.431 e. The summed E-state index contributed by atoms with van der Waals surface area (Å²) in [6.45, 7) is 0.189. The molecule has 2 aliphatic rings. The van der Waals surface area contributed by atoms with Crippen molar-refractivity contribution in [3.05, 3.63) is 59.4 Å². The molecule has 0 radical (unpaired) electrons. The van der Waals surface area contributed by atoms with Gasteiger partial charge in [0.1, 0.15) is 17.1 Å². The molecule has 2 aliphatic heterocycles. The number of nitrogens with one attached hydrogen (secondary N) is 1. The van der Waals surface area contributed by atoms with Crippen LogP contribution < -0.4 is 4.74 Å². The summed E-state index contributed by atoms with van der Waals surface area (Å²) < 4.78 is 46.4. The van der Waals surface area contributed by atoms with E-state index in [4.69, 9.17) is 4.74 Å². The number of alkyl halides is 3. The van der Waals surface area contributed by atoms with Crippen LogP contribution in [0.4, 0.5) is 13.2 Å². The van der Waals surface area contributed by atoms with Gasteiger partial charge in [-0.1, -0.05) is 12.1 Å². The van der Waals surface area contributed by atoms with E-state index in [0.29, 0.717) is 18.2 Å². The Kier molecular flexibility index (Phi) is 4.75. The van der Waals surface area contributed by atoms with Crippen LogP contribution in [0.25, 0.3) is 11.0 Å². The smallest absolute Gasteiger partial charge is 0.431 e. The van der Waals surface area contributed by atoms with Gasteiger partial charge in [-0.2, -0.15) is 13.2 Å². The molecule has 5 nitrogen and oxygen atoms in total. The standard InChI is InChI=1S/C23H24F3N3O2/c1-31-17-8-4-14(5-9-17)22(30)11-15-6-7-16(12-22)29(15)13-19-18-3-2-10-27-21(18)28-20(19)23(24,25)26/h2-5,8-10,15-16,30H,6-7,11-13H2,1H3,(H,27,28)/t15-,16+,22?. The second kappa shape index (κ2) is 7.24. The predicted octanol–water partition coefficient (Wildman–Crippen LogP) is 4.60. The van der Waals surface area contributed by atoms with Crippen LogP contribution >= 0.6 is 0 Å². The molecule has 1 unspecified atom stereocenters. The molecule has 2 N–H and O–H groups in total. The molecule has 0 spiro atoms. The number of pyridine rings is 1. The van der Waals surface area contributed by atoms with Crippen LogP contribution in [0.15, 0.2) is 42.6 Å². The summed E-state index contributed by atoms with van der Waals surface area (Å²) in [7, 11) is 1.60. The fraction of sp³-hybridized carbons (Fsp3) is 0.435. The number of aliphatic hydroxyl groups is 1. The molecule has 1 aromatic carbocycles. The lowest BCUT2D eigenvalue weighted by Crippen LogP contribution is -2.49. The van der Waals surface area contributed by atoms with E-state index >= 15 is 0 Å². The summed E-state index contributed by atoms with van der Waals surface area (Å²) in [5.74, 6) is 0.723. The van der Waals surface area contributed by atoms with Crippen molar-refractivity contribution in [3.63, 3.8) is 0 Å². The lowest BCUT2D eigenvalue weighted by atomic mass is 9.80. The topological polar surface area (TPSA) is 61.4 Å². The summed E-state index contributed by atoms with van der Waals surface area (Å²) in [4.78, 5) is 8.69. The largest absolute Gasteiger partial charge is 0.497 e. The molecule has 5 rings (SSSR count). The van der Waals surface area contributed by atoms with E-state index in [0.717, 1.165) is 24.2 Å². The third kappa shape index (κ3) is 3.47. The number of H-pyrrole nitrogens is 1. The number of nitrogens with zero attached hydrogens (tertiary/aromatic N) is 2. The molecule has 2 bridgehead atoms. The molecule has 4 heterocycles. The molecule has 164 valence electrons. The quantitative estimate of drug-likeness (QED) is 0.634. The molecular weight excluding hydrogens is 407 g/mol. The van der Waals surface area contributed by atoms with Crippen LogP contribution in [0.5, 0.6) is 5.75 Å². The molecule has 0 aliphatic carbocycles. The Morgan fingerprint density at radius 1 is 1.16 bits per heavy atom. The van der Waals surface area contributed by atoms with Crippen LogP contribution in [-0.2, 0) is 18.3 Å². The first kappa shape index (κ1) is 20.3. The number of piperidine rings is 1. The van der Waals surface area contributed by atoms with Gasteiger partial charge in [-0.15, -0.1) is 0 Å². The van der Waals surface area contributed by atoms with Gasteiger partial charge in [0.25, 0.3) is 0 Å². The zero-order valence-corrected chi connectivity index (χ0v) is 17.1. The summed E-state index contributed by atoms with van der Waals surface area (Å²) in [5.41, 5.74) is -0.386. The Labute approximate surface area is 177 Å². The lowest BCUT2D eigenvalue weighted by Gasteiger charge is -2.44. The monoisotopic (exact) mass is 431 g/mol. The third-order valence-corrected chi connectivity index (χ3v) is 6.85. The number of aromatic nitrogens is 2. The van der Waals surface area contributed by atoms with Crippen LogP contribution in [0, 0.1) is 0 Å². The van der Waals surface area contributed by atoms with Gasteiger partial charge in [-0.25, -0.2) is 4.98 Å². The van der Waals surface area contributed by atoms with E-state index in [1.807, 2.05) is 24.3 Å². The van der Waals surface area contributed by atoms with Gasteiger partial charge in [0.15, 0.2) is 0 Å². The number of methoxy groups -OCH3 is 1. The molecule has 3 aromatic rings. The van der Waals surface area contributed by atoms with Crippen molar-refractivity contribution in [1.82, 2.24) is 14.9 Å².